The first-order chi connectivity index (χ1) is 15.6. The molecule has 0 spiro atoms. The quantitative estimate of drug-likeness (QED) is 0.512. The van der Waals surface area contributed by atoms with Crippen LogP contribution in [0.3, 0.4) is 0 Å². The number of methoxy groups -OCH3 is 1. The van der Waals surface area contributed by atoms with Crippen molar-refractivity contribution >= 4 is 11.9 Å². The lowest BCUT2D eigenvalue weighted by atomic mass is 9.39. The summed E-state index contributed by atoms with van der Waals surface area (Å²) in [7, 11) is 1.83. The van der Waals surface area contributed by atoms with Gasteiger partial charge in [-0.05, 0) is 112 Å². The lowest BCUT2D eigenvalue weighted by Crippen LogP contribution is -2.60. The molecule has 0 aromatic heterocycles. The molecular formula is C28H47NO4. The van der Waals surface area contributed by atoms with Gasteiger partial charge in [0.1, 0.15) is 6.54 Å². The van der Waals surface area contributed by atoms with Crippen LogP contribution in [-0.4, -0.2) is 36.7 Å². The molecule has 4 rings (SSSR count). The fourth-order valence-electron chi connectivity index (χ4n) is 9.53. The minimum absolute atomic E-state index is 0.0220. The Hall–Kier alpha value is -1.10. The van der Waals surface area contributed by atoms with Crippen LogP contribution in [0, 0.1) is 45.8 Å². The zero-order valence-corrected chi connectivity index (χ0v) is 21.6. The molecule has 0 aliphatic heterocycles. The Morgan fingerprint density at radius 1 is 1.06 bits per heavy atom. The van der Waals surface area contributed by atoms with Gasteiger partial charge >= 0.3 is 5.97 Å². The number of fused-ring (bicyclic) bond motifs is 5. The standard InChI is InChI=1S/C28H47NO4/c1-18-10-14-27(4)21-12-16-28(25(32)29-17-24(30)31)13-6-7-22(28)20(21)8-9-23(27)26(18,3)15-11-19(2)33-5/h18-23H,6-17H2,1-5H3,(H,29,32)(H,30,31)/t18?,19?,20?,21?,22?,23?,26?,27?,28-/m0/s1. The molecule has 5 nitrogen and oxygen atoms in total. The number of carbonyl (C=O) groups excluding carboxylic acids is 1. The molecule has 4 aliphatic carbocycles. The van der Waals surface area contributed by atoms with Crippen molar-refractivity contribution in [2.24, 2.45) is 45.8 Å². The van der Waals surface area contributed by atoms with Crippen molar-refractivity contribution in [3.8, 4) is 0 Å². The van der Waals surface area contributed by atoms with Gasteiger partial charge in [-0.2, -0.15) is 0 Å². The summed E-state index contributed by atoms with van der Waals surface area (Å²) in [5.74, 6) is 2.31. The summed E-state index contributed by atoms with van der Waals surface area (Å²) >= 11 is 0. The van der Waals surface area contributed by atoms with E-state index in [-0.39, 0.29) is 17.9 Å². The summed E-state index contributed by atoms with van der Waals surface area (Å²) in [6.45, 7) is 9.61. The Kier molecular flexibility index (Phi) is 6.95. The number of aliphatic carboxylic acids is 1. The molecule has 1 amide bonds. The van der Waals surface area contributed by atoms with Gasteiger partial charge in [0.05, 0.1) is 11.5 Å². The van der Waals surface area contributed by atoms with E-state index in [2.05, 4.69) is 33.0 Å². The Balaban J connectivity index is 1.57. The lowest BCUT2D eigenvalue weighted by Gasteiger charge is -2.65. The Bertz CT molecular complexity index is 754. The molecule has 4 fully saturated rings. The van der Waals surface area contributed by atoms with E-state index < -0.39 is 5.97 Å². The van der Waals surface area contributed by atoms with Gasteiger partial charge in [-0.15, -0.1) is 0 Å². The first-order valence-electron chi connectivity index (χ1n) is 13.6. The van der Waals surface area contributed by atoms with Gasteiger partial charge in [-0.1, -0.05) is 27.2 Å². The number of carboxylic acid groups (broad SMARTS) is 1. The average molecular weight is 462 g/mol. The third-order valence-electron chi connectivity index (χ3n) is 11.6. The minimum atomic E-state index is -0.950. The third kappa shape index (κ3) is 4.04. The lowest BCUT2D eigenvalue weighted by molar-refractivity contribution is -0.173. The van der Waals surface area contributed by atoms with E-state index in [1.54, 1.807) is 0 Å². The first-order valence-corrected chi connectivity index (χ1v) is 13.6. The number of hydrogen-bond donors (Lipinski definition) is 2. The minimum Gasteiger partial charge on any atom is -0.480 e. The maximum Gasteiger partial charge on any atom is 0.322 e. The predicted molar refractivity (Wildman–Crippen MR) is 130 cm³/mol. The highest BCUT2D eigenvalue weighted by atomic mass is 16.5. The van der Waals surface area contributed by atoms with E-state index in [9.17, 15) is 9.59 Å². The molecule has 0 aromatic carbocycles. The van der Waals surface area contributed by atoms with E-state index in [0.717, 1.165) is 50.4 Å². The van der Waals surface area contributed by atoms with E-state index in [4.69, 9.17) is 9.84 Å². The van der Waals surface area contributed by atoms with Gasteiger partial charge in [-0.25, -0.2) is 0 Å². The second-order valence-electron chi connectivity index (χ2n) is 12.7. The van der Waals surface area contributed by atoms with Crippen molar-refractivity contribution in [2.75, 3.05) is 13.7 Å². The summed E-state index contributed by atoms with van der Waals surface area (Å²) in [4.78, 5) is 24.4. The van der Waals surface area contributed by atoms with Crippen LogP contribution in [0.1, 0.15) is 98.3 Å². The molecule has 188 valence electrons. The van der Waals surface area contributed by atoms with Crippen molar-refractivity contribution in [1.82, 2.24) is 5.32 Å². The van der Waals surface area contributed by atoms with Crippen molar-refractivity contribution in [3.63, 3.8) is 0 Å². The maximum atomic E-state index is 13.3. The summed E-state index contributed by atoms with van der Waals surface area (Å²) in [5.41, 5.74) is 0.388. The van der Waals surface area contributed by atoms with Crippen molar-refractivity contribution in [2.45, 2.75) is 104 Å². The third-order valence-corrected chi connectivity index (χ3v) is 11.6. The van der Waals surface area contributed by atoms with Gasteiger partial charge in [0.2, 0.25) is 5.91 Å². The second-order valence-corrected chi connectivity index (χ2v) is 12.7. The number of nitrogens with one attached hydrogen (secondary N) is 1. The van der Waals surface area contributed by atoms with Crippen molar-refractivity contribution in [1.29, 1.82) is 0 Å². The van der Waals surface area contributed by atoms with Crippen molar-refractivity contribution < 1.29 is 19.4 Å². The molecule has 4 aliphatic rings. The Labute approximate surface area is 200 Å². The predicted octanol–water partition coefficient (Wildman–Crippen LogP) is 5.67. The largest absolute Gasteiger partial charge is 0.480 e. The number of hydrogen-bond acceptors (Lipinski definition) is 3. The smallest absolute Gasteiger partial charge is 0.322 e. The monoisotopic (exact) mass is 461 g/mol. The molecule has 0 heterocycles. The average Bonchev–Trinajstić information content (AvgIpc) is 3.24. The number of carbonyl (C=O) groups is 2. The Morgan fingerprint density at radius 2 is 1.82 bits per heavy atom. The number of carboxylic acids is 1. The van der Waals surface area contributed by atoms with E-state index >= 15 is 0 Å². The van der Waals surface area contributed by atoms with Gasteiger partial charge < -0.3 is 15.2 Å². The van der Waals surface area contributed by atoms with Crippen LogP contribution in [0.15, 0.2) is 0 Å². The highest BCUT2D eigenvalue weighted by molar-refractivity contribution is 5.86. The zero-order valence-electron chi connectivity index (χ0n) is 21.6. The molecule has 8 unspecified atom stereocenters. The van der Waals surface area contributed by atoms with E-state index in [0.29, 0.717) is 34.7 Å². The summed E-state index contributed by atoms with van der Waals surface area (Å²) in [6, 6.07) is 0. The molecule has 4 saturated carbocycles. The molecule has 0 saturated heterocycles. The van der Waals surface area contributed by atoms with Crippen LogP contribution in [0.25, 0.3) is 0 Å². The maximum absolute atomic E-state index is 13.3. The van der Waals surface area contributed by atoms with Crippen LogP contribution in [0.4, 0.5) is 0 Å². The van der Waals surface area contributed by atoms with Crippen LogP contribution in [-0.2, 0) is 14.3 Å². The fourth-order valence-corrected chi connectivity index (χ4v) is 9.53. The van der Waals surface area contributed by atoms with Gasteiger partial charge in [-0.3, -0.25) is 9.59 Å². The van der Waals surface area contributed by atoms with Crippen LogP contribution >= 0.6 is 0 Å². The van der Waals surface area contributed by atoms with Gasteiger partial charge in [0.15, 0.2) is 0 Å². The normalized spacial score (nSPS) is 45.4. The van der Waals surface area contributed by atoms with E-state index in [1.807, 2.05) is 7.11 Å². The first kappa shape index (κ1) is 25.0. The molecule has 9 atom stereocenters. The SMILES string of the molecule is COC(C)CCC1(C)C(C)CCC2(C)C3CC[C@@]4(C(=O)NCC(=O)O)CCCC4C3CCC12. The van der Waals surface area contributed by atoms with E-state index in [1.165, 1.54) is 32.1 Å². The number of ether oxygens (including phenoxy) is 1. The topological polar surface area (TPSA) is 75.6 Å². The molecule has 0 aromatic rings. The molecule has 2 N–H and O–H groups in total. The summed E-state index contributed by atoms with van der Waals surface area (Å²) in [5, 5.41) is 11.9. The molecule has 5 heteroatoms. The highest BCUT2D eigenvalue weighted by Crippen LogP contribution is 2.70. The molecule has 0 radical (unpaired) electrons. The summed E-state index contributed by atoms with van der Waals surface area (Å²) in [6.07, 6.45) is 13.1. The highest BCUT2D eigenvalue weighted by Gasteiger charge is 2.64. The van der Waals surface area contributed by atoms with Crippen molar-refractivity contribution in [3.05, 3.63) is 0 Å². The molecule has 33 heavy (non-hydrogen) atoms. The number of rotatable bonds is 7. The second kappa shape index (κ2) is 9.17. The summed E-state index contributed by atoms with van der Waals surface area (Å²) < 4.78 is 5.61. The fraction of sp³-hybridized carbons (Fsp3) is 0.929. The molecule has 0 bridgehead atoms. The van der Waals surface area contributed by atoms with Gasteiger partial charge in [0, 0.05) is 7.11 Å². The Morgan fingerprint density at radius 3 is 2.52 bits per heavy atom. The van der Waals surface area contributed by atoms with Gasteiger partial charge in [0.25, 0.3) is 0 Å². The van der Waals surface area contributed by atoms with Crippen LogP contribution in [0.2, 0.25) is 0 Å². The molecular weight excluding hydrogens is 414 g/mol. The number of amides is 1. The van der Waals surface area contributed by atoms with Crippen LogP contribution in [0.5, 0.6) is 0 Å². The zero-order chi connectivity index (χ0) is 24.0. The van der Waals surface area contributed by atoms with Crippen LogP contribution < -0.4 is 5.32 Å².